The molecule has 278 valence electrons. The lowest BCUT2D eigenvalue weighted by Gasteiger charge is -2.32. The first kappa shape index (κ1) is 37.8. The molecule has 0 bridgehead atoms. The van der Waals surface area contributed by atoms with Crippen LogP contribution >= 0.6 is 22.9 Å². The number of carbonyl (C=O) groups excluding carboxylic acids is 2. The van der Waals surface area contributed by atoms with Crippen molar-refractivity contribution in [1.82, 2.24) is 29.4 Å². The van der Waals surface area contributed by atoms with E-state index in [9.17, 15) is 14.4 Å². The number of likely N-dealkylation sites (N-methyl/N-ethyl adjacent to an activating group) is 1. The highest BCUT2D eigenvalue weighted by atomic mass is 35.5. The number of thiophene rings is 1. The zero-order valence-electron chi connectivity index (χ0n) is 30.8. The van der Waals surface area contributed by atoms with Crippen LogP contribution in [0.2, 0.25) is 5.02 Å². The van der Waals surface area contributed by atoms with Crippen molar-refractivity contribution in [3.05, 3.63) is 91.3 Å². The average molecular weight is 760 g/mol. The van der Waals surface area contributed by atoms with Gasteiger partial charge < -0.3 is 14.2 Å². The van der Waals surface area contributed by atoms with Crippen LogP contribution < -0.4 is 15.6 Å². The number of pyridine rings is 1. The fourth-order valence-electron chi connectivity index (χ4n) is 6.45. The van der Waals surface area contributed by atoms with E-state index in [4.69, 9.17) is 30.8 Å². The average Bonchev–Trinajstić information content (AvgIpc) is 3.52. The number of fused-ring (bicyclic) bond motifs is 2. The summed E-state index contributed by atoms with van der Waals surface area (Å²) in [6.45, 7) is 10.1. The van der Waals surface area contributed by atoms with Gasteiger partial charge >= 0.3 is 12.1 Å². The molecule has 1 atom stereocenters. The van der Waals surface area contributed by atoms with Crippen molar-refractivity contribution in [2.24, 2.45) is 0 Å². The normalized spacial score (nSPS) is 14.2. The molecule has 0 fully saturated rings. The molecule has 0 saturated carbocycles. The van der Waals surface area contributed by atoms with Crippen LogP contribution in [-0.2, 0) is 35.4 Å². The van der Waals surface area contributed by atoms with Crippen LogP contribution in [0.4, 0.5) is 10.7 Å². The van der Waals surface area contributed by atoms with Gasteiger partial charge in [0.15, 0.2) is 0 Å². The second-order valence-electron chi connectivity index (χ2n) is 14.0. The number of ether oxygens (including phenoxy) is 3. The van der Waals surface area contributed by atoms with Gasteiger partial charge in [-0.25, -0.2) is 24.5 Å². The third-order valence-corrected chi connectivity index (χ3v) is 10.2. The Labute approximate surface area is 316 Å². The van der Waals surface area contributed by atoms with Gasteiger partial charge in [-0.3, -0.25) is 24.6 Å². The van der Waals surface area contributed by atoms with Gasteiger partial charge in [-0.2, -0.15) is 0 Å². The number of amides is 1. The molecule has 6 rings (SSSR count). The molecule has 1 unspecified atom stereocenters. The number of nitrogens with one attached hydrogen (secondary N) is 1. The van der Waals surface area contributed by atoms with Gasteiger partial charge in [-0.1, -0.05) is 11.6 Å². The molecular weight excluding hydrogens is 718 g/mol. The predicted molar refractivity (Wildman–Crippen MR) is 204 cm³/mol. The van der Waals surface area contributed by atoms with Crippen molar-refractivity contribution in [1.29, 1.82) is 0 Å². The Bertz CT molecular complexity index is 2250. The van der Waals surface area contributed by atoms with Gasteiger partial charge in [0.1, 0.15) is 23.8 Å². The summed E-state index contributed by atoms with van der Waals surface area (Å²) in [6.07, 6.45) is 3.04. The summed E-state index contributed by atoms with van der Waals surface area (Å²) >= 11 is 7.87. The number of aryl methyl sites for hydroxylation is 3. The largest absolute Gasteiger partial charge is 0.491 e. The summed E-state index contributed by atoms with van der Waals surface area (Å²) in [5, 5.41) is 4.87. The molecule has 0 aliphatic heterocycles. The molecule has 5 aromatic rings. The number of anilines is 1. The van der Waals surface area contributed by atoms with E-state index in [0.717, 1.165) is 39.3 Å². The minimum Gasteiger partial charge on any atom is -0.491 e. The predicted octanol–water partition coefficient (Wildman–Crippen LogP) is 6.78. The number of carbonyl (C=O) groups is 2. The summed E-state index contributed by atoms with van der Waals surface area (Å²) in [5.74, 6) is 0.932. The summed E-state index contributed by atoms with van der Waals surface area (Å²) < 4.78 is 19.1. The number of hydrogen-bond acceptors (Lipinski definition) is 12. The van der Waals surface area contributed by atoms with Gasteiger partial charge in [0.05, 0.1) is 40.8 Å². The van der Waals surface area contributed by atoms with E-state index in [-0.39, 0.29) is 30.7 Å². The Morgan fingerprint density at radius 2 is 1.91 bits per heavy atom. The van der Waals surface area contributed by atoms with E-state index < -0.39 is 17.7 Å². The van der Waals surface area contributed by atoms with E-state index in [1.54, 1.807) is 49.0 Å². The van der Waals surface area contributed by atoms with E-state index in [2.05, 4.69) is 25.2 Å². The number of methoxy groups -OCH3 is 1. The zero-order valence-corrected chi connectivity index (χ0v) is 32.4. The molecule has 15 heteroatoms. The van der Waals surface area contributed by atoms with Crippen molar-refractivity contribution < 1.29 is 23.8 Å². The summed E-state index contributed by atoms with van der Waals surface area (Å²) in [6, 6.07) is 9.22. The fourth-order valence-corrected chi connectivity index (χ4v) is 7.63. The van der Waals surface area contributed by atoms with Crippen molar-refractivity contribution in [2.75, 3.05) is 26.1 Å². The maximum Gasteiger partial charge on any atom is 0.414 e. The van der Waals surface area contributed by atoms with Crippen LogP contribution in [-0.4, -0.2) is 73.9 Å². The standard InChI is InChI=1S/C38H42ClN7O6S/c1-21-16-27(33-32(41-21)29(20-53-33)35(48)50-7)26-17-23(39)8-11-31(26)51-15-14-46-22(2)42-30-10-9-25(18-28(30)34(46)47)45(6)19-24-12-13-40-36(43-24)44-37(49)52-38(3,4)5/h8,11-13,16-17,20,25H,9-10,14-15,18-19H2,1-7H3,(H,40,43,44,49). The lowest BCUT2D eigenvalue weighted by atomic mass is 9.91. The van der Waals surface area contributed by atoms with Crippen molar-refractivity contribution in [2.45, 2.75) is 78.6 Å². The quantitative estimate of drug-likeness (QED) is 0.150. The van der Waals surface area contributed by atoms with Gasteiger partial charge in [0.2, 0.25) is 5.95 Å². The van der Waals surface area contributed by atoms with Crippen molar-refractivity contribution >= 4 is 51.2 Å². The van der Waals surface area contributed by atoms with E-state index in [0.29, 0.717) is 52.6 Å². The van der Waals surface area contributed by atoms with Crippen LogP contribution in [0.15, 0.2) is 46.7 Å². The number of aromatic nitrogens is 5. The van der Waals surface area contributed by atoms with E-state index in [1.807, 2.05) is 39.1 Å². The maximum absolute atomic E-state index is 14.0. The number of nitrogens with zero attached hydrogens (tertiary/aromatic N) is 6. The highest BCUT2D eigenvalue weighted by molar-refractivity contribution is 7.18. The first-order valence-corrected chi connectivity index (χ1v) is 18.5. The highest BCUT2D eigenvalue weighted by Gasteiger charge is 2.27. The Hall–Kier alpha value is -4.92. The first-order valence-electron chi connectivity index (χ1n) is 17.2. The van der Waals surface area contributed by atoms with Crippen molar-refractivity contribution in [3.63, 3.8) is 0 Å². The molecule has 1 aromatic carbocycles. The van der Waals surface area contributed by atoms with Crippen LogP contribution in [0.5, 0.6) is 5.75 Å². The monoisotopic (exact) mass is 759 g/mol. The van der Waals surface area contributed by atoms with Crippen LogP contribution in [0.1, 0.15) is 66.0 Å². The number of benzene rings is 1. The minimum atomic E-state index is -0.643. The summed E-state index contributed by atoms with van der Waals surface area (Å²) in [7, 11) is 3.35. The maximum atomic E-state index is 14.0. The molecule has 1 N–H and O–H groups in total. The second kappa shape index (κ2) is 15.6. The number of esters is 1. The zero-order chi connectivity index (χ0) is 38.0. The molecular formula is C38H42ClN7O6S. The SMILES string of the molecule is COC(=O)c1csc2c(-c3cc(Cl)ccc3OCCn3c(C)nc4c(c3=O)CC(N(C)Cc3ccnc(NC(=O)OC(C)(C)C)n3)CC4)cc(C)nc12. The summed E-state index contributed by atoms with van der Waals surface area (Å²) in [4.78, 5) is 58.9. The van der Waals surface area contributed by atoms with E-state index >= 15 is 0 Å². The third kappa shape index (κ3) is 8.66. The highest BCUT2D eigenvalue weighted by Crippen LogP contribution is 2.40. The molecule has 1 amide bonds. The molecule has 0 spiro atoms. The molecule has 1 aliphatic rings. The van der Waals surface area contributed by atoms with Gasteiger partial charge in [-0.05, 0) is 91.3 Å². The lowest BCUT2D eigenvalue weighted by molar-refractivity contribution is 0.0600. The topological polar surface area (TPSA) is 151 Å². The van der Waals surface area contributed by atoms with Crippen LogP contribution in [0.3, 0.4) is 0 Å². The Morgan fingerprint density at radius 3 is 2.66 bits per heavy atom. The number of rotatable bonds is 10. The molecule has 4 heterocycles. The minimum absolute atomic E-state index is 0.0724. The van der Waals surface area contributed by atoms with Crippen LogP contribution in [0.25, 0.3) is 21.3 Å². The first-order chi connectivity index (χ1) is 25.2. The lowest BCUT2D eigenvalue weighted by Crippen LogP contribution is -2.41. The fraction of sp³-hybridized carbons (Fsp3) is 0.395. The Balaban J connectivity index is 1.16. The molecule has 53 heavy (non-hydrogen) atoms. The molecule has 0 saturated heterocycles. The van der Waals surface area contributed by atoms with Crippen LogP contribution in [0, 0.1) is 13.8 Å². The molecule has 13 nitrogen and oxygen atoms in total. The second-order valence-corrected chi connectivity index (χ2v) is 15.3. The number of hydrogen-bond donors (Lipinski definition) is 1. The van der Waals surface area contributed by atoms with Gasteiger partial charge in [0.25, 0.3) is 5.56 Å². The smallest absolute Gasteiger partial charge is 0.414 e. The Kier molecular flexibility index (Phi) is 11.1. The molecule has 4 aromatic heterocycles. The Morgan fingerprint density at radius 1 is 1.11 bits per heavy atom. The van der Waals surface area contributed by atoms with Gasteiger partial charge in [-0.15, -0.1) is 11.3 Å². The number of halogens is 1. The summed E-state index contributed by atoms with van der Waals surface area (Å²) in [5.41, 5.74) is 4.82. The van der Waals surface area contributed by atoms with Crippen molar-refractivity contribution in [3.8, 4) is 16.9 Å². The molecule has 0 radical (unpaired) electrons. The third-order valence-electron chi connectivity index (χ3n) is 8.91. The van der Waals surface area contributed by atoms with Gasteiger partial charge in [0, 0.05) is 51.6 Å². The van der Waals surface area contributed by atoms with E-state index in [1.165, 1.54) is 18.4 Å². The molecule has 1 aliphatic carbocycles.